The molecule has 0 unspecified atom stereocenters. The Bertz CT molecular complexity index is 907. The van der Waals surface area contributed by atoms with E-state index >= 15 is 0 Å². The fourth-order valence-corrected chi connectivity index (χ4v) is 3.25. The summed E-state index contributed by atoms with van der Waals surface area (Å²) in [4.78, 5) is 28.0. The van der Waals surface area contributed by atoms with Gasteiger partial charge in [0, 0.05) is 12.1 Å². The van der Waals surface area contributed by atoms with Gasteiger partial charge in [0.1, 0.15) is 5.54 Å². The molecule has 0 aliphatic carbocycles. The third-order valence-electron chi connectivity index (χ3n) is 5.01. The van der Waals surface area contributed by atoms with Gasteiger partial charge in [0.25, 0.3) is 5.91 Å². The van der Waals surface area contributed by atoms with Crippen molar-refractivity contribution in [2.75, 3.05) is 0 Å². The van der Waals surface area contributed by atoms with Crippen LogP contribution in [0.25, 0.3) is 0 Å². The second-order valence-corrected chi connectivity index (χ2v) is 6.74. The summed E-state index contributed by atoms with van der Waals surface area (Å²) < 4.78 is 0. The van der Waals surface area contributed by atoms with Crippen LogP contribution in [-0.4, -0.2) is 16.6 Å². The van der Waals surface area contributed by atoms with Gasteiger partial charge in [0.05, 0.1) is 0 Å². The molecule has 3 aromatic rings. The van der Waals surface area contributed by atoms with E-state index in [0.29, 0.717) is 12.1 Å². The van der Waals surface area contributed by atoms with Crippen LogP contribution in [0.4, 0.5) is 0 Å². The lowest BCUT2D eigenvalue weighted by Gasteiger charge is -2.40. The summed E-state index contributed by atoms with van der Waals surface area (Å²) in [6.07, 6.45) is 0. The predicted octanol–water partition coefficient (Wildman–Crippen LogP) is 4.83. The minimum absolute atomic E-state index is 0.0751. The quantitative estimate of drug-likeness (QED) is 0.633. The van der Waals surface area contributed by atoms with Gasteiger partial charge < -0.3 is 4.90 Å². The van der Waals surface area contributed by atoms with E-state index in [0.717, 1.165) is 11.1 Å². The Hall–Kier alpha value is -3.20. The van der Waals surface area contributed by atoms with Gasteiger partial charge in [-0.25, -0.2) is 0 Å². The minimum atomic E-state index is -1.07. The summed E-state index contributed by atoms with van der Waals surface area (Å²) in [5.74, 6) is -0.241. The average Bonchev–Trinajstić information content (AvgIpc) is 2.73. The van der Waals surface area contributed by atoms with Crippen LogP contribution < -0.4 is 0 Å². The summed E-state index contributed by atoms with van der Waals surface area (Å²) >= 11 is 0. The van der Waals surface area contributed by atoms with Gasteiger partial charge in [-0.05, 0) is 37.1 Å². The lowest BCUT2D eigenvalue weighted by molar-refractivity contribution is -0.127. The third kappa shape index (κ3) is 3.82. The molecule has 0 heterocycles. The van der Waals surface area contributed by atoms with Gasteiger partial charge in [-0.1, -0.05) is 78.9 Å². The number of Topliss-reactive ketones (excluding diaryl/α,β-unsaturated/α-hetero) is 1. The van der Waals surface area contributed by atoms with E-state index < -0.39 is 5.54 Å². The van der Waals surface area contributed by atoms with Crippen LogP contribution in [0.5, 0.6) is 0 Å². The van der Waals surface area contributed by atoms with Crippen LogP contribution in [0.3, 0.4) is 0 Å². The molecule has 3 rings (SSSR count). The van der Waals surface area contributed by atoms with Crippen LogP contribution in [-0.2, 0) is 16.9 Å². The van der Waals surface area contributed by atoms with E-state index in [9.17, 15) is 9.59 Å². The lowest BCUT2D eigenvalue weighted by atomic mass is 9.85. The maximum Gasteiger partial charge on any atom is 0.255 e. The number of ketones is 1. The predicted molar refractivity (Wildman–Crippen MR) is 107 cm³/mol. The fraction of sp³-hybridized carbons (Fsp3) is 0.167. The summed E-state index contributed by atoms with van der Waals surface area (Å²) in [6, 6.07) is 28.4. The molecule has 0 aliphatic heterocycles. The molecular weight excluding hydrogens is 334 g/mol. The maximum absolute atomic E-state index is 13.4. The van der Waals surface area contributed by atoms with Crippen molar-refractivity contribution < 1.29 is 9.59 Å². The Morgan fingerprint density at radius 2 is 1.26 bits per heavy atom. The molecule has 0 saturated carbocycles. The van der Waals surface area contributed by atoms with E-state index in [4.69, 9.17) is 0 Å². The topological polar surface area (TPSA) is 37.4 Å². The van der Waals surface area contributed by atoms with Crippen LogP contribution in [0.2, 0.25) is 0 Å². The zero-order valence-corrected chi connectivity index (χ0v) is 15.6. The molecule has 0 bridgehead atoms. The summed E-state index contributed by atoms with van der Waals surface area (Å²) in [5.41, 5.74) is 1.28. The largest absolute Gasteiger partial charge is 0.318 e. The molecule has 3 aromatic carbocycles. The first-order valence-corrected chi connectivity index (χ1v) is 9.01. The highest BCUT2D eigenvalue weighted by atomic mass is 16.2. The monoisotopic (exact) mass is 357 g/mol. The molecule has 3 heteroatoms. The number of rotatable bonds is 6. The van der Waals surface area contributed by atoms with Gasteiger partial charge in [-0.2, -0.15) is 0 Å². The minimum Gasteiger partial charge on any atom is -0.318 e. The smallest absolute Gasteiger partial charge is 0.255 e. The van der Waals surface area contributed by atoms with Gasteiger partial charge in [0.2, 0.25) is 0 Å². The number of amides is 1. The molecule has 1 amide bonds. The van der Waals surface area contributed by atoms with E-state index in [-0.39, 0.29) is 11.7 Å². The molecule has 0 fully saturated rings. The van der Waals surface area contributed by atoms with Gasteiger partial charge >= 0.3 is 0 Å². The summed E-state index contributed by atoms with van der Waals surface area (Å²) in [7, 11) is 0. The Morgan fingerprint density at radius 3 is 1.78 bits per heavy atom. The van der Waals surface area contributed by atoms with E-state index in [1.54, 1.807) is 24.0 Å². The second kappa shape index (κ2) is 8.00. The standard InChI is InChI=1S/C24H23NO2/c1-19(26)24(2,22-16-10-5-11-17-22)25(18-20-12-6-3-7-13-20)23(27)21-14-8-4-9-15-21/h3-17H,18H2,1-2H3/t24-/m0/s1. The van der Waals surface area contributed by atoms with Crippen molar-refractivity contribution in [1.29, 1.82) is 0 Å². The van der Waals surface area contributed by atoms with Crippen LogP contribution in [0, 0.1) is 0 Å². The summed E-state index contributed by atoms with van der Waals surface area (Å²) in [6.45, 7) is 3.72. The molecule has 0 aromatic heterocycles. The molecular formula is C24H23NO2. The molecule has 0 N–H and O–H groups in total. The number of carbonyl (C=O) groups excluding carboxylic acids is 2. The lowest BCUT2D eigenvalue weighted by Crippen LogP contribution is -2.51. The van der Waals surface area contributed by atoms with Crippen molar-refractivity contribution in [3.63, 3.8) is 0 Å². The Balaban J connectivity index is 2.12. The first-order chi connectivity index (χ1) is 13.0. The zero-order chi connectivity index (χ0) is 19.3. The van der Waals surface area contributed by atoms with Crippen molar-refractivity contribution in [2.45, 2.75) is 25.9 Å². The number of benzene rings is 3. The third-order valence-corrected chi connectivity index (χ3v) is 5.01. The number of hydrogen-bond donors (Lipinski definition) is 0. The first kappa shape index (κ1) is 18.6. The maximum atomic E-state index is 13.4. The highest BCUT2D eigenvalue weighted by Crippen LogP contribution is 2.32. The van der Waals surface area contributed by atoms with Gasteiger partial charge in [0.15, 0.2) is 5.78 Å². The van der Waals surface area contributed by atoms with Crippen molar-refractivity contribution in [3.8, 4) is 0 Å². The molecule has 0 aliphatic rings. The molecule has 1 atom stereocenters. The normalized spacial score (nSPS) is 12.8. The second-order valence-electron chi connectivity index (χ2n) is 6.74. The average molecular weight is 357 g/mol. The van der Waals surface area contributed by atoms with Crippen molar-refractivity contribution >= 4 is 11.7 Å². The molecule has 3 nitrogen and oxygen atoms in total. The number of nitrogens with zero attached hydrogens (tertiary/aromatic N) is 1. The summed E-state index contributed by atoms with van der Waals surface area (Å²) in [5, 5.41) is 0. The molecule has 0 radical (unpaired) electrons. The van der Waals surface area contributed by atoms with E-state index in [2.05, 4.69) is 0 Å². The highest BCUT2D eigenvalue weighted by molar-refractivity contribution is 5.99. The number of carbonyl (C=O) groups is 2. The van der Waals surface area contributed by atoms with Crippen molar-refractivity contribution in [2.24, 2.45) is 0 Å². The Labute approximate surface area is 160 Å². The molecule has 136 valence electrons. The Morgan fingerprint density at radius 1 is 0.778 bits per heavy atom. The van der Waals surface area contributed by atoms with Crippen molar-refractivity contribution in [1.82, 2.24) is 4.90 Å². The molecule has 0 spiro atoms. The number of hydrogen-bond acceptors (Lipinski definition) is 2. The van der Waals surface area contributed by atoms with Gasteiger partial charge in [-0.3, -0.25) is 9.59 Å². The molecule has 0 saturated heterocycles. The zero-order valence-electron chi connectivity index (χ0n) is 15.6. The van der Waals surface area contributed by atoms with Crippen molar-refractivity contribution in [3.05, 3.63) is 108 Å². The highest BCUT2D eigenvalue weighted by Gasteiger charge is 2.41. The van der Waals surface area contributed by atoms with E-state index in [1.807, 2.05) is 85.8 Å². The van der Waals surface area contributed by atoms with Crippen LogP contribution in [0.1, 0.15) is 35.3 Å². The Kier molecular flexibility index (Phi) is 5.51. The molecule has 27 heavy (non-hydrogen) atoms. The van der Waals surface area contributed by atoms with Crippen LogP contribution in [0.15, 0.2) is 91.0 Å². The van der Waals surface area contributed by atoms with Gasteiger partial charge in [-0.15, -0.1) is 0 Å². The van der Waals surface area contributed by atoms with Crippen LogP contribution >= 0.6 is 0 Å². The van der Waals surface area contributed by atoms with E-state index in [1.165, 1.54) is 0 Å². The first-order valence-electron chi connectivity index (χ1n) is 9.01. The SMILES string of the molecule is CC(=O)[C@@](C)(c1ccccc1)N(Cc1ccccc1)C(=O)c1ccccc1. The fourth-order valence-electron chi connectivity index (χ4n) is 3.25.